The molecule has 1 fully saturated rings. The van der Waals surface area contributed by atoms with E-state index in [2.05, 4.69) is 0 Å². The zero-order valence-corrected chi connectivity index (χ0v) is 11.6. The van der Waals surface area contributed by atoms with E-state index in [9.17, 15) is 0 Å². The molecule has 4 atom stereocenters. The minimum absolute atomic E-state index is 0.151. The van der Waals surface area contributed by atoms with Gasteiger partial charge in [0.1, 0.15) is 13.4 Å². The summed E-state index contributed by atoms with van der Waals surface area (Å²) in [5, 5.41) is 0. The fourth-order valence-corrected chi connectivity index (χ4v) is 2.74. The van der Waals surface area contributed by atoms with Crippen LogP contribution in [0.5, 0.6) is 0 Å². The van der Waals surface area contributed by atoms with Gasteiger partial charge in [-0.25, -0.2) is 0 Å². The Morgan fingerprint density at radius 3 is 2.35 bits per heavy atom. The Balaban J connectivity index is 3.18. The first-order valence-corrected chi connectivity index (χ1v) is 5.89. The van der Waals surface area contributed by atoms with E-state index < -0.39 is 11.2 Å². The molecular weight excluding hydrogens is 219 g/mol. The molecule has 98 valence electrons. The third kappa shape index (κ3) is 2.26. The Bertz CT molecular complexity index is 259. The molecule has 1 heterocycles. The predicted octanol–water partition coefficient (Wildman–Crippen LogP) is 1.11. The van der Waals surface area contributed by atoms with Crippen LogP contribution in [0.4, 0.5) is 0 Å². The molecule has 2 radical (unpaired) electrons. The first-order valence-electron chi connectivity index (χ1n) is 5.89. The van der Waals surface area contributed by atoms with Crippen molar-refractivity contribution < 1.29 is 18.9 Å². The Morgan fingerprint density at radius 1 is 1.35 bits per heavy atom. The molecule has 0 aromatic rings. The van der Waals surface area contributed by atoms with Crippen molar-refractivity contribution >= 4 is 7.85 Å². The number of rotatable bonds is 5. The topological polar surface area (TPSA) is 36.9 Å². The van der Waals surface area contributed by atoms with E-state index in [1.807, 2.05) is 20.8 Å². The lowest BCUT2D eigenvalue weighted by atomic mass is 9.76. The van der Waals surface area contributed by atoms with Crippen LogP contribution >= 0.6 is 0 Å². The smallest absolute Gasteiger partial charge is 0.147 e. The highest BCUT2D eigenvalue weighted by atomic mass is 16.6. The number of ether oxygens (including phenoxy) is 4. The average molecular weight is 242 g/mol. The summed E-state index contributed by atoms with van der Waals surface area (Å²) in [5.41, 5.74) is -1.26. The summed E-state index contributed by atoms with van der Waals surface area (Å²) in [6.07, 6.45) is 0.301. The minimum Gasteiger partial charge on any atom is -0.379 e. The van der Waals surface area contributed by atoms with Gasteiger partial charge in [-0.15, -0.1) is 0 Å². The van der Waals surface area contributed by atoms with E-state index in [4.69, 9.17) is 26.8 Å². The van der Waals surface area contributed by atoms with Crippen LogP contribution in [0.2, 0.25) is 0 Å². The van der Waals surface area contributed by atoms with Gasteiger partial charge in [0.2, 0.25) is 0 Å². The van der Waals surface area contributed by atoms with E-state index in [1.54, 1.807) is 21.3 Å². The Morgan fingerprint density at radius 2 is 1.94 bits per heavy atom. The fourth-order valence-electron chi connectivity index (χ4n) is 2.74. The first kappa shape index (κ1) is 15.0. The largest absolute Gasteiger partial charge is 0.379 e. The highest BCUT2D eigenvalue weighted by Gasteiger charge is 2.61. The second kappa shape index (κ2) is 5.27. The lowest BCUT2D eigenvalue weighted by Gasteiger charge is -2.48. The molecule has 0 N–H and O–H groups in total. The van der Waals surface area contributed by atoms with Crippen LogP contribution in [-0.4, -0.2) is 58.6 Å². The molecule has 0 aromatic carbocycles. The first-order chi connectivity index (χ1) is 7.85. The zero-order valence-electron chi connectivity index (χ0n) is 11.6. The molecular formula is C12H23BO4. The lowest BCUT2D eigenvalue weighted by molar-refractivity contribution is -0.243. The van der Waals surface area contributed by atoms with E-state index in [1.165, 1.54) is 0 Å². The van der Waals surface area contributed by atoms with Gasteiger partial charge in [-0.1, -0.05) is 0 Å². The quantitative estimate of drug-likeness (QED) is 0.677. The summed E-state index contributed by atoms with van der Waals surface area (Å²) in [7, 11) is 10.9. The van der Waals surface area contributed by atoms with Crippen LogP contribution in [0, 0.1) is 0 Å². The van der Waals surface area contributed by atoms with Crippen molar-refractivity contribution in [1.82, 2.24) is 0 Å². The number of methoxy groups -OCH3 is 3. The lowest BCUT2D eigenvalue weighted by Crippen LogP contribution is -2.64. The molecule has 17 heavy (non-hydrogen) atoms. The highest BCUT2D eigenvalue weighted by molar-refractivity contribution is 6.11. The van der Waals surface area contributed by atoms with Crippen LogP contribution < -0.4 is 0 Å². The molecule has 0 saturated carbocycles. The second-order valence-electron chi connectivity index (χ2n) is 5.00. The Labute approximate surface area is 105 Å². The molecule has 1 aliphatic rings. The van der Waals surface area contributed by atoms with Crippen LogP contribution in [0.1, 0.15) is 27.2 Å². The molecule has 0 bridgehead atoms. The third-order valence-electron chi connectivity index (χ3n) is 3.96. The van der Waals surface area contributed by atoms with Crippen LogP contribution in [0.25, 0.3) is 0 Å². The molecule has 0 aliphatic carbocycles. The number of hydrogen-bond donors (Lipinski definition) is 0. The summed E-state index contributed by atoms with van der Waals surface area (Å²) in [4.78, 5) is 0. The van der Waals surface area contributed by atoms with Gasteiger partial charge in [0, 0.05) is 27.3 Å². The van der Waals surface area contributed by atoms with Gasteiger partial charge in [0.05, 0.1) is 17.8 Å². The van der Waals surface area contributed by atoms with Crippen LogP contribution in [0.3, 0.4) is 0 Å². The molecule has 4 nitrogen and oxygen atoms in total. The van der Waals surface area contributed by atoms with Gasteiger partial charge in [0.15, 0.2) is 0 Å². The molecule has 1 saturated heterocycles. The molecule has 1 rings (SSSR count). The molecule has 1 aliphatic heterocycles. The summed E-state index contributed by atoms with van der Waals surface area (Å²) >= 11 is 0. The Hall–Kier alpha value is -0.0951. The van der Waals surface area contributed by atoms with E-state index in [0.717, 1.165) is 0 Å². The van der Waals surface area contributed by atoms with Crippen molar-refractivity contribution in [2.75, 3.05) is 21.3 Å². The molecule has 5 heteroatoms. The maximum Gasteiger partial charge on any atom is 0.147 e. The van der Waals surface area contributed by atoms with Gasteiger partial charge in [-0.3, -0.25) is 0 Å². The number of hydrogen-bond acceptors (Lipinski definition) is 4. The van der Waals surface area contributed by atoms with Crippen LogP contribution in [-0.2, 0) is 18.9 Å². The maximum atomic E-state index is 5.96. The SMILES string of the molecule is [B][C@H]1C[C@@H](OC)[C@](C(C)OC)(C(C)(C)OC)O1. The minimum atomic E-state index is -0.704. The van der Waals surface area contributed by atoms with Gasteiger partial charge in [-0.05, 0) is 27.2 Å². The standard InChI is InChI=1S/C12H23BO4/c1-8(14-4)12(11(2,3)16-6)9(15-5)7-10(13)17-12/h8-10H,7H2,1-6H3/t8?,9-,10-,12-/m1/s1. The molecule has 0 aromatic heterocycles. The van der Waals surface area contributed by atoms with Crippen molar-refractivity contribution in [3.63, 3.8) is 0 Å². The zero-order chi connectivity index (χ0) is 13.3. The normalized spacial score (nSPS) is 36.1. The highest BCUT2D eigenvalue weighted by Crippen LogP contribution is 2.44. The van der Waals surface area contributed by atoms with Gasteiger partial charge in [0.25, 0.3) is 0 Å². The second-order valence-corrected chi connectivity index (χ2v) is 5.00. The molecule has 0 amide bonds. The van der Waals surface area contributed by atoms with Crippen molar-refractivity contribution in [1.29, 1.82) is 0 Å². The van der Waals surface area contributed by atoms with Gasteiger partial charge in [-0.2, -0.15) is 0 Å². The van der Waals surface area contributed by atoms with E-state index in [0.29, 0.717) is 6.42 Å². The van der Waals surface area contributed by atoms with Crippen molar-refractivity contribution in [2.45, 2.75) is 56.6 Å². The van der Waals surface area contributed by atoms with Gasteiger partial charge < -0.3 is 18.9 Å². The van der Waals surface area contributed by atoms with E-state index >= 15 is 0 Å². The summed E-state index contributed by atoms with van der Waals surface area (Å²) in [6.45, 7) is 5.88. The summed E-state index contributed by atoms with van der Waals surface area (Å²) < 4.78 is 22.6. The Kier molecular flexibility index (Phi) is 4.63. The maximum absolute atomic E-state index is 5.96. The average Bonchev–Trinajstić information content (AvgIpc) is 2.66. The molecule has 1 unspecified atom stereocenters. The van der Waals surface area contributed by atoms with Crippen molar-refractivity contribution in [3.8, 4) is 0 Å². The van der Waals surface area contributed by atoms with Gasteiger partial charge >= 0.3 is 0 Å². The molecule has 0 spiro atoms. The van der Waals surface area contributed by atoms with E-state index in [-0.39, 0.29) is 18.2 Å². The van der Waals surface area contributed by atoms with Crippen molar-refractivity contribution in [2.24, 2.45) is 0 Å². The summed E-state index contributed by atoms with van der Waals surface area (Å²) in [6, 6.07) is -0.355. The van der Waals surface area contributed by atoms with Crippen molar-refractivity contribution in [3.05, 3.63) is 0 Å². The third-order valence-corrected chi connectivity index (χ3v) is 3.96. The fraction of sp³-hybridized carbons (Fsp3) is 1.00. The summed E-state index contributed by atoms with van der Waals surface area (Å²) in [5.74, 6) is 0. The monoisotopic (exact) mass is 242 g/mol. The van der Waals surface area contributed by atoms with Crippen LogP contribution in [0.15, 0.2) is 0 Å². The predicted molar refractivity (Wildman–Crippen MR) is 66.3 cm³/mol.